The van der Waals surface area contributed by atoms with E-state index in [1.165, 1.54) is 0 Å². The van der Waals surface area contributed by atoms with Gasteiger partial charge in [0.15, 0.2) is 0 Å². The summed E-state index contributed by atoms with van der Waals surface area (Å²) in [4.78, 5) is 34.1. The van der Waals surface area contributed by atoms with Crippen molar-refractivity contribution >= 4 is 17.6 Å². The third kappa shape index (κ3) is 5.46. The number of morpholine rings is 1. The van der Waals surface area contributed by atoms with Crippen LogP contribution in [-0.2, 0) is 27.3 Å². The normalized spacial score (nSPS) is 23.2. The third-order valence-corrected chi connectivity index (χ3v) is 6.09. The average Bonchev–Trinajstić information content (AvgIpc) is 3.28. The highest BCUT2D eigenvalue weighted by molar-refractivity contribution is 5.89. The lowest BCUT2D eigenvalue weighted by Gasteiger charge is -2.36. The Morgan fingerprint density at radius 2 is 1.81 bits per heavy atom. The first-order valence-electron chi connectivity index (χ1n) is 11.5. The number of pyridine rings is 1. The Hall–Kier alpha value is -2.93. The second-order valence-electron chi connectivity index (χ2n) is 8.81. The highest BCUT2D eigenvalue weighted by Gasteiger charge is 2.33. The molecule has 2 aliphatic heterocycles. The van der Waals surface area contributed by atoms with E-state index in [9.17, 15) is 9.59 Å². The van der Waals surface area contributed by atoms with Gasteiger partial charge < -0.3 is 19.9 Å². The van der Waals surface area contributed by atoms with Gasteiger partial charge in [0.05, 0.1) is 18.6 Å². The topological polar surface area (TPSA) is 74.8 Å². The van der Waals surface area contributed by atoms with Gasteiger partial charge in [-0.1, -0.05) is 36.4 Å². The number of aromatic nitrogens is 1. The van der Waals surface area contributed by atoms with Crippen LogP contribution >= 0.6 is 0 Å². The zero-order valence-electron chi connectivity index (χ0n) is 18.9. The zero-order valence-corrected chi connectivity index (χ0v) is 18.9. The molecule has 0 spiro atoms. The Kier molecular flexibility index (Phi) is 7.05. The molecule has 0 radical (unpaired) electrons. The lowest BCUT2D eigenvalue weighted by molar-refractivity contribution is -0.138. The molecule has 3 atom stereocenters. The van der Waals surface area contributed by atoms with Crippen LogP contribution in [0.25, 0.3) is 0 Å². The minimum atomic E-state index is -0.394. The predicted molar refractivity (Wildman–Crippen MR) is 123 cm³/mol. The summed E-state index contributed by atoms with van der Waals surface area (Å²) in [6.07, 6.45) is 4.06. The summed E-state index contributed by atoms with van der Waals surface area (Å²) in [6, 6.07) is 13.3. The number of carbonyl (C=O) groups excluding carboxylic acids is 2. The quantitative estimate of drug-likeness (QED) is 0.753. The summed E-state index contributed by atoms with van der Waals surface area (Å²) in [6.45, 7) is 6.83. The molecule has 4 rings (SSSR count). The van der Waals surface area contributed by atoms with Gasteiger partial charge in [0.2, 0.25) is 11.8 Å². The number of rotatable bonds is 6. The van der Waals surface area contributed by atoms with E-state index in [1.807, 2.05) is 48.7 Å². The van der Waals surface area contributed by atoms with Gasteiger partial charge in [0.25, 0.3) is 0 Å². The number of hydrogen-bond donors (Lipinski definition) is 1. The fourth-order valence-corrected chi connectivity index (χ4v) is 4.59. The summed E-state index contributed by atoms with van der Waals surface area (Å²) < 4.78 is 5.79. The van der Waals surface area contributed by atoms with Gasteiger partial charge in [-0.05, 0) is 43.9 Å². The van der Waals surface area contributed by atoms with Gasteiger partial charge in [0, 0.05) is 32.4 Å². The maximum Gasteiger partial charge on any atom is 0.243 e. The van der Waals surface area contributed by atoms with E-state index in [0.29, 0.717) is 25.9 Å². The first-order chi connectivity index (χ1) is 15.5. The van der Waals surface area contributed by atoms with E-state index >= 15 is 0 Å². The number of hydrogen-bond acceptors (Lipinski definition) is 5. The standard InChI is InChI=1S/C25H32N4O3/c1-18-16-28(17-19(2)32-18)23-11-10-21(14-26-23)15-27-25(31)22-9-6-12-29(22)24(30)13-20-7-4-3-5-8-20/h3-5,7-8,10-11,14,18-19,22H,6,9,12-13,15-17H2,1-2H3,(H,27,31). The van der Waals surface area contributed by atoms with Crippen LogP contribution in [0.15, 0.2) is 48.7 Å². The Morgan fingerprint density at radius 1 is 1.06 bits per heavy atom. The highest BCUT2D eigenvalue weighted by Crippen LogP contribution is 2.20. The fraction of sp³-hybridized carbons (Fsp3) is 0.480. The van der Waals surface area contributed by atoms with E-state index < -0.39 is 6.04 Å². The number of amides is 2. The van der Waals surface area contributed by atoms with Crippen molar-refractivity contribution in [2.24, 2.45) is 0 Å². The molecule has 170 valence electrons. The molecule has 1 aromatic carbocycles. The van der Waals surface area contributed by atoms with E-state index in [0.717, 1.165) is 36.5 Å². The molecule has 2 aliphatic rings. The molecule has 1 aromatic heterocycles. The number of benzene rings is 1. The molecule has 2 fully saturated rings. The van der Waals surface area contributed by atoms with Gasteiger partial charge in [0.1, 0.15) is 11.9 Å². The third-order valence-electron chi connectivity index (χ3n) is 6.09. The van der Waals surface area contributed by atoms with E-state index in [-0.39, 0.29) is 24.0 Å². The summed E-state index contributed by atoms with van der Waals surface area (Å²) in [7, 11) is 0. The smallest absolute Gasteiger partial charge is 0.243 e. The Bertz CT molecular complexity index is 909. The van der Waals surface area contributed by atoms with E-state index in [2.05, 4.69) is 29.0 Å². The van der Waals surface area contributed by atoms with Crippen LogP contribution in [0.5, 0.6) is 0 Å². The van der Waals surface area contributed by atoms with Crippen molar-refractivity contribution in [1.29, 1.82) is 0 Å². The first-order valence-corrected chi connectivity index (χ1v) is 11.5. The van der Waals surface area contributed by atoms with Crippen LogP contribution in [0.2, 0.25) is 0 Å². The molecule has 2 aromatic rings. The first kappa shape index (κ1) is 22.3. The SMILES string of the molecule is CC1CN(c2ccc(CNC(=O)C3CCCN3C(=O)Cc3ccccc3)cn2)CC(C)O1. The van der Waals surface area contributed by atoms with Crippen molar-refractivity contribution in [1.82, 2.24) is 15.2 Å². The van der Waals surface area contributed by atoms with Crippen molar-refractivity contribution in [3.8, 4) is 0 Å². The van der Waals surface area contributed by atoms with Crippen LogP contribution in [0.1, 0.15) is 37.8 Å². The van der Waals surface area contributed by atoms with Crippen molar-refractivity contribution in [2.45, 2.75) is 57.9 Å². The summed E-state index contributed by atoms with van der Waals surface area (Å²) >= 11 is 0. The lowest BCUT2D eigenvalue weighted by Crippen LogP contribution is -2.46. The molecule has 0 saturated carbocycles. The van der Waals surface area contributed by atoms with Crippen LogP contribution in [0, 0.1) is 0 Å². The molecule has 7 heteroatoms. The fourth-order valence-electron chi connectivity index (χ4n) is 4.59. The molecule has 1 N–H and O–H groups in total. The molecule has 7 nitrogen and oxygen atoms in total. The molecule has 3 heterocycles. The number of nitrogens with one attached hydrogen (secondary N) is 1. The largest absolute Gasteiger partial charge is 0.372 e. The summed E-state index contributed by atoms with van der Waals surface area (Å²) in [5, 5.41) is 3.00. The Morgan fingerprint density at radius 3 is 2.50 bits per heavy atom. The second-order valence-corrected chi connectivity index (χ2v) is 8.81. The van der Waals surface area contributed by atoms with Gasteiger partial charge >= 0.3 is 0 Å². The van der Waals surface area contributed by atoms with Crippen molar-refractivity contribution in [3.63, 3.8) is 0 Å². The summed E-state index contributed by atoms with van der Waals surface area (Å²) in [5.41, 5.74) is 1.91. The summed E-state index contributed by atoms with van der Waals surface area (Å²) in [5.74, 6) is 0.841. The van der Waals surface area contributed by atoms with Gasteiger partial charge in [-0.2, -0.15) is 0 Å². The van der Waals surface area contributed by atoms with E-state index in [4.69, 9.17) is 4.74 Å². The van der Waals surface area contributed by atoms with Crippen molar-refractivity contribution in [2.75, 3.05) is 24.5 Å². The number of anilines is 1. The van der Waals surface area contributed by atoms with Crippen molar-refractivity contribution < 1.29 is 14.3 Å². The highest BCUT2D eigenvalue weighted by atomic mass is 16.5. The van der Waals surface area contributed by atoms with Crippen LogP contribution in [-0.4, -0.2) is 59.6 Å². The molecule has 2 saturated heterocycles. The zero-order chi connectivity index (χ0) is 22.5. The van der Waals surface area contributed by atoms with Crippen LogP contribution < -0.4 is 10.2 Å². The predicted octanol–water partition coefficient (Wildman–Crippen LogP) is 2.55. The maximum atomic E-state index is 12.8. The molecule has 2 amide bonds. The molecular weight excluding hydrogens is 404 g/mol. The van der Waals surface area contributed by atoms with Crippen LogP contribution in [0.3, 0.4) is 0 Å². The van der Waals surface area contributed by atoms with Gasteiger partial charge in [-0.15, -0.1) is 0 Å². The number of likely N-dealkylation sites (tertiary alicyclic amines) is 1. The molecule has 0 aliphatic carbocycles. The van der Waals surface area contributed by atoms with Gasteiger partial charge in [-0.25, -0.2) is 4.98 Å². The Balaban J connectivity index is 1.30. The lowest BCUT2D eigenvalue weighted by atomic mass is 10.1. The second kappa shape index (κ2) is 10.1. The minimum absolute atomic E-state index is 0.00818. The van der Waals surface area contributed by atoms with E-state index in [1.54, 1.807) is 4.90 Å². The molecule has 32 heavy (non-hydrogen) atoms. The molecular formula is C25H32N4O3. The minimum Gasteiger partial charge on any atom is -0.372 e. The number of nitrogens with zero attached hydrogens (tertiary/aromatic N) is 3. The molecule has 3 unspecified atom stereocenters. The number of carbonyl (C=O) groups is 2. The van der Waals surface area contributed by atoms with Crippen molar-refractivity contribution in [3.05, 3.63) is 59.8 Å². The average molecular weight is 437 g/mol. The Labute approximate surface area is 189 Å². The number of ether oxygens (including phenoxy) is 1. The molecule has 0 bridgehead atoms. The van der Waals surface area contributed by atoms with Gasteiger partial charge in [-0.3, -0.25) is 9.59 Å². The maximum absolute atomic E-state index is 12.8. The van der Waals surface area contributed by atoms with Crippen LogP contribution in [0.4, 0.5) is 5.82 Å². The monoisotopic (exact) mass is 436 g/mol.